The number of aromatic nitrogens is 2. The van der Waals surface area contributed by atoms with Gasteiger partial charge >= 0.3 is 6.18 Å². The van der Waals surface area contributed by atoms with Crippen molar-refractivity contribution in [1.82, 2.24) is 14.9 Å². The summed E-state index contributed by atoms with van der Waals surface area (Å²) >= 11 is 1.02. The lowest BCUT2D eigenvalue weighted by Crippen LogP contribution is -2.35. The summed E-state index contributed by atoms with van der Waals surface area (Å²) in [6.45, 7) is 1.85. The first-order valence-corrected chi connectivity index (χ1v) is 11.8. The van der Waals surface area contributed by atoms with Crippen LogP contribution in [0.3, 0.4) is 0 Å². The lowest BCUT2D eigenvalue weighted by molar-refractivity contribution is -0.137. The van der Waals surface area contributed by atoms with Crippen LogP contribution in [0.15, 0.2) is 58.5 Å². The summed E-state index contributed by atoms with van der Waals surface area (Å²) in [5, 5.41) is 2.74. The van der Waals surface area contributed by atoms with Gasteiger partial charge in [-0.1, -0.05) is 30.0 Å². The first-order chi connectivity index (χ1) is 16.7. The summed E-state index contributed by atoms with van der Waals surface area (Å²) in [6, 6.07) is 12.2. The van der Waals surface area contributed by atoms with Gasteiger partial charge in [-0.05, 0) is 35.9 Å². The number of amides is 1. The highest BCUT2D eigenvalue weighted by Gasteiger charge is 2.30. The zero-order valence-electron chi connectivity index (χ0n) is 18.8. The third-order valence-corrected chi connectivity index (χ3v) is 6.35. The Hall–Kier alpha value is -3.31. The van der Waals surface area contributed by atoms with Gasteiger partial charge in [0.2, 0.25) is 5.91 Å². The molecule has 2 heterocycles. The number of alkyl halides is 3. The molecule has 0 saturated heterocycles. The summed E-state index contributed by atoms with van der Waals surface area (Å²) in [5.74, 6) is 0.164. The van der Waals surface area contributed by atoms with Crippen molar-refractivity contribution in [2.24, 2.45) is 0 Å². The van der Waals surface area contributed by atoms with Crippen molar-refractivity contribution in [3.05, 3.63) is 81.3 Å². The van der Waals surface area contributed by atoms with Gasteiger partial charge in [0.05, 0.1) is 29.7 Å². The zero-order chi connectivity index (χ0) is 25.0. The van der Waals surface area contributed by atoms with E-state index in [1.807, 2.05) is 24.3 Å². The minimum absolute atomic E-state index is 0.0495. The lowest BCUT2D eigenvalue weighted by Gasteiger charge is -2.27. The fraction of sp³-hybridized carbons (Fsp3) is 0.292. The minimum atomic E-state index is -4.49. The molecule has 11 heteroatoms. The number of hydrogen-bond donors (Lipinski definition) is 2. The van der Waals surface area contributed by atoms with E-state index in [9.17, 15) is 22.8 Å². The second-order valence-corrected chi connectivity index (χ2v) is 8.99. The Balaban J connectivity index is 1.36. The average molecular weight is 505 g/mol. The van der Waals surface area contributed by atoms with Crippen molar-refractivity contribution in [3.63, 3.8) is 0 Å². The van der Waals surface area contributed by atoms with Gasteiger partial charge < -0.3 is 15.0 Å². The normalized spacial score (nSPS) is 13.8. The molecular weight excluding hydrogens is 481 g/mol. The van der Waals surface area contributed by atoms with Gasteiger partial charge in [0, 0.05) is 31.7 Å². The molecular formula is C24H23F3N4O3S. The molecule has 0 bridgehead atoms. The highest BCUT2D eigenvalue weighted by molar-refractivity contribution is 7.99. The molecule has 0 spiro atoms. The van der Waals surface area contributed by atoms with Gasteiger partial charge in [-0.2, -0.15) is 13.2 Å². The van der Waals surface area contributed by atoms with Crippen LogP contribution in [0.5, 0.6) is 5.75 Å². The molecule has 1 aromatic heterocycles. The Kier molecular flexibility index (Phi) is 7.46. The molecule has 7 nitrogen and oxygen atoms in total. The molecule has 0 fully saturated rings. The summed E-state index contributed by atoms with van der Waals surface area (Å²) < 4.78 is 43.8. The van der Waals surface area contributed by atoms with Crippen LogP contribution in [-0.4, -0.2) is 40.2 Å². The molecule has 1 aliphatic rings. The van der Waals surface area contributed by atoms with E-state index in [-0.39, 0.29) is 17.0 Å². The van der Waals surface area contributed by atoms with Crippen LogP contribution in [0.2, 0.25) is 0 Å². The maximum atomic E-state index is 12.8. The molecule has 2 aromatic carbocycles. The first kappa shape index (κ1) is 24.8. The number of nitrogens with one attached hydrogen (secondary N) is 2. The number of thioether (sulfide) groups is 1. The molecule has 1 amide bonds. The van der Waals surface area contributed by atoms with Crippen molar-refractivity contribution < 1.29 is 22.7 Å². The number of aromatic amines is 1. The molecule has 35 heavy (non-hydrogen) atoms. The minimum Gasteiger partial charge on any atom is -0.497 e. The zero-order valence-corrected chi connectivity index (χ0v) is 19.6. The first-order valence-electron chi connectivity index (χ1n) is 10.8. The van der Waals surface area contributed by atoms with E-state index in [0.29, 0.717) is 35.9 Å². The van der Waals surface area contributed by atoms with Gasteiger partial charge in [-0.3, -0.25) is 14.5 Å². The second kappa shape index (κ2) is 10.5. The topological polar surface area (TPSA) is 87.3 Å². The summed E-state index contributed by atoms with van der Waals surface area (Å²) in [4.78, 5) is 34.3. The number of methoxy groups -OCH3 is 1. The van der Waals surface area contributed by atoms with Crippen molar-refractivity contribution in [3.8, 4) is 5.75 Å². The molecule has 1 aliphatic heterocycles. The standard InChI is InChI=1S/C24H23F3N4O3S/c1-34-18-7-2-4-15(10-18)12-31-9-8-20-19(13-31)22(33)30-23(29-20)35-14-21(32)28-17-6-3-5-16(11-17)24(25,26)27/h2-7,10-11H,8-9,12-14H2,1H3,(H,28,32)(H,29,30,33). The number of halogens is 3. The molecule has 0 radical (unpaired) electrons. The fourth-order valence-electron chi connectivity index (χ4n) is 3.79. The number of anilines is 1. The van der Waals surface area contributed by atoms with Crippen molar-refractivity contribution >= 4 is 23.4 Å². The molecule has 0 atom stereocenters. The van der Waals surface area contributed by atoms with Crippen LogP contribution in [0.25, 0.3) is 0 Å². The second-order valence-electron chi connectivity index (χ2n) is 8.02. The highest BCUT2D eigenvalue weighted by atomic mass is 32.2. The Morgan fingerprint density at radius 3 is 2.80 bits per heavy atom. The van der Waals surface area contributed by atoms with Crippen molar-refractivity contribution in [1.29, 1.82) is 0 Å². The van der Waals surface area contributed by atoms with Gasteiger partial charge in [-0.15, -0.1) is 0 Å². The summed E-state index contributed by atoms with van der Waals surface area (Å²) in [7, 11) is 1.62. The predicted octanol–water partition coefficient (Wildman–Crippen LogP) is 4.09. The number of ether oxygens (including phenoxy) is 1. The third kappa shape index (κ3) is 6.43. The molecule has 0 saturated carbocycles. The molecule has 184 valence electrons. The van der Waals surface area contributed by atoms with E-state index in [1.54, 1.807) is 7.11 Å². The van der Waals surface area contributed by atoms with Crippen LogP contribution in [0, 0.1) is 0 Å². The van der Waals surface area contributed by atoms with Crippen LogP contribution in [0.4, 0.5) is 18.9 Å². The van der Waals surface area contributed by atoms with E-state index >= 15 is 0 Å². The highest BCUT2D eigenvalue weighted by Crippen LogP contribution is 2.30. The van der Waals surface area contributed by atoms with Crippen LogP contribution in [-0.2, 0) is 30.5 Å². The number of benzene rings is 2. The number of hydrogen-bond acceptors (Lipinski definition) is 6. The summed E-state index contributed by atoms with van der Waals surface area (Å²) in [5.41, 5.74) is 1.31. The Bertz CT molecular complexity index is 1280. The van der Waals surface area contributed by atoms with Gasteiger partial charge in [0.15, 0.2) is 5.16 Å². The largest absolute Gasteiger partial charge is 0.497 e. The molecule has 4 rings (SSSR count). The maximum absolute atomic E-state index is 12.8. The fourth-order valence-corrected chi connectivity index (χ4v) is 4.47. The number of rotatable bonds is 7. The Morgan fingerprint density at radius 1 is 1.23 bits per heavy atom. The van der Waals surface area contributed by atoms with Crippen molar-refractivity contribution in [2.45, 2.75) is 30.8 Å². The molecule has 2 N–H and O–H groups in total. The van der Waals surface area contributed by atoms with E-state index in [4.69, 9.17) is 4.74 Å². The van der Waals surface area contributed by atoms with Crippen molar-refractivity contribution in [2.75, 3.05) is 24.7 Å². The van der Waals surface area contributed by atoms with Crippen LogP contribution >= 0.6 is 11.8 Å². The van der Waals surface area contributed by atoms with E-state index in [0.717, 1.165) is 41.8 Å². The Morgan fingerprint density at radius 2 is 2.03 bits per heavy atom. The monoisotopic (exact) mass is 504 g/mol. The van der Waals surface area contributed by atoms with Gasteiger partial charge in [0.25, 0.3) is 5.56 Å². The van der Waals surface area contributed by atoms with Gasteiger partial charge in [-0.25, -0.2) is 4.98 Å². The van der Waals surface area contributed by atoms with E-state index in [2.05, 4.69) is 20.2 Å². The van der Waals surface area contributed by atoms with Gasteiger partial charge in [0.1, 0.15) is 5.75 Å². The number of carbonyl (C=O) groups is 1. The number of H-pyrrole nitrogens is 1. The quantitative estimate of drug-likeness (QED) is 0.372. The summed E-state index contributed by atoms with van der Waals surface area (Å²) in [6.07, 6.45) is -3.90. The maximum Gasteiger partial charge on any atom is 0.416 e. The van der Waals surface area contributed by atoms with E-state index in [1.165, 1.54) is 12.1 Å². The number of fused-ring (bicyclic) bond motifs is 1. The SMILES string of the molecule is COc1cccc(CN2CCc3nc(SCC(=O)Nc4cccc(C(F)(F)F)c4)[nH]c(=O)c3C2)c1. The number of carbonyl (C=O) groups excluding carboxylic acids is 1. The number of nitrogens with zero attached hydrogens (tertiary/aromatic N) is 2. The third-order valence-electron chi connectivity index (χ3n) is 5.48. The van der Waals surface area contributed by atoms with E-state index < -0.39 is 17.6 Å². The van der Waals surface area contributed by atoms with Crippen LogP contribution < -0.4 is 15.6 Å². The smallest absolute Gasteiger partial charge is 0.416 e. The van der Waals surface area contributed by atoms with Crippen LogP contribution in [0.1, 0.15) is 22.4 Å². The molecule has 0 unspecified atom stereocenters. The Labute approximate surface area is 203 Å². The predicted molar refractivity (Wildman–Crippen MR) is 126 cm³/mol. The average Bonchev–Trinajstić information content (AvgIpc) is 2.83. The molecule has 3 aromatic rings. The molecule has 0 aliphatic carbocycles. The lowest BCUT2D eigenvalue weighted by atomic mass is 10.1.